The predicted molar refractivity (Wildman–Crippen MR) is 80.7 cm³/mol. The number of hydrogen-bond donors (Lipinski definition) is 1. The molecular weight excluding hydrogens is 250 g/mol. The summed E-state index contributed by atoms with van der Waals surface area (Å²) in [5.41, 5.74) is 2.28. The molecule has 0 aliphatic heterocycles. The standard InChI is InChI=1S/C17H25NO2/c1-17(2)10-4-5-15(11-17)18-12-13-6-8-14(9-7-13)16(19)20-3/h6-9,15,18H,4-5,10-12H2,1-3H3. The van der Waals surface area contributed by atoms with Crippen LogP contribution in [0.15, 0.2) is 24.3 Å². The van der Waals surface area contributed by atoms with E-state index in [0.717, 1.165) is 6.54 Å². The molecule has 1 aromatic carbocycles. The molecule has 1 atom stereocenters. The lowest BCUT2D eigenvalue weighted by Crippen LogP contribution is -2.36. The number of hydrogen-bond acceptors (Lipinski definition) is 3. The summed E-state index contributed by atoms with van der Waals surface area (Å²) in [6, 6.07) is 8.25. The number of nitrogens with one attached hydrogen (secondary N) is 1. The normalized spacial score (nSPS) is 21.4. The topological polar surface area (TPSA) is 38.3 Å². The van der Waals surface area contributed by atoms with Crippen LogP contribution in [0, 0.1) is 5.41 Å². The van der Waals surface area contributed by atoms with Gasteiger partial charge in [-0.3, -0.25) is 0 Å². The zero-order valence-corrected chi connectivity index (χ0v) is 12.7. The van der Waals surface area contributed by atoms with E-state index in [1.165, 1.54) is 38.4 Å². The molecule has 3 nitrogen and oxygen atoms in total. The van der Waals surface area contributed by atoms with Crippen molar-refractivity contribution >= 4 is 5.97 Å². The van der Waals surface area contributed by atoms with E-state index in [-0.39, 0.29) is 5.97 Å². The van der Waals surface area contributed by atoms with E-state index in [0.29, 0.717) is 17.0 Å². The molecule has 3 heteroatoms. The number of ether oxygens (including phenoxy) is 1. The molecule has 0 bridgehead atoms. The minimum absolute atomic E-state index is 0.279. The minimum Gasteiger partial charge on any atom is -0.465 e. The Morgan fingerprint density at radius 3 is 2.65 bits per heavy atom. The Bertz CT molecular complexity index is 451. The zero-order valence-electron chi connectivity index (χ0n) is 12.7. The van der Waals surface area contributed by atoms with Crippen molar-refractivity contribution < 1.29 is 9.53 Å². The third-order valence-electron chi connectivity index (χ3n) is 4.18. The molecule has 1 N–H and O–H groups in total. The first-order valence-corrected chi connectivity index (χ1v) is 7.41. The molecule has 0 heterocycles. The Balaban J connectivity index is 1.86. The number of benzene rings is 1. The fraction of sp³-hybridized carbons (Fsp3) is 0.588. The van der Waals surface area contributed by atoms with Crippen LogP contribution in [0.4, 0.5) is 0 Å². The van der Waals surface area contributed by atoms with Crippen LogP contribution in [0.25, 0.3) is 0 Å². The smallest absolute Gasteiger partial charge is 0.337 e. The summed E-state index contributed by atoms with van der Waals surface area (Å²) in [6.45, 7) is 5.57. The van der Waals surface area contributed by atoms with Crippen molar-refractivity contribution in [3.05, 3.63) is 35.4 Å². The van der Waals surface area contributed by atoms with Crippen molar-refractivity contribution in [3.8, 4) is 0 Å². The fourth-order valence-electron chi connectivity index (χ4n) is 3.01. The number of carbonyl (C=O) groups excluding carboxylic acids is 1. The molecule has 1 aliphatic rings. The van der Waals surface area contributed by atoms with E-state index in [1.807, 2.05) is 24.3 Å². The molecule has 1 aromatic rings. The highest BCUT2D eigenvalue weighted by Crippen LogP contribution is 2.35. The Labute approximate surface area is 121 Å². The molecule has 0 spiro atoms. The second-order valence-corrected chi connectivity index (χ2v) is 6.53. The maximum atomic E-state index is 11.4. The summed E-state index contributed by atoms with van der Waals surface area (Å²) in [4.78, 5) is 11.4. The van der Waals surface area contributed by atoms with Crippen molar-refractivity contribution in [3.63, 3.8) is 0 Å². The summed E-state index contributed by atoms with van der Waals surface area (Å²) in [6.07, 6.45) is 5.15. The monoisotopic (exact) mass is 275 g/mol. The minimum atomic E-state index is -0.279. The van der Waals surface area contributed by atoms with Crippen LogP contribution in [0.5, 0.6) is 0 Å². The molecule has 1 aliphatic carbocycles. The van der Waals surface area contributed by atoms with Crippen LogP contribution in [0.3, 0.4) is 0 Å². The highest BCUT2D eigenvalue weighted by Gasteiger charge is 2.27. The van der Waals surface area contributed by atoms with Gasteiger partial charge in [0.2, 0.25) is 0 Å². The van der Waals surface area contributed by atoms with E-state index in [1.54, 1.807) is 0 Å². The maximum Gasteiger partial charge on any atom is 0.337 e. The zero-order chi connectivity index (χ0) is 14.6. The number of rotatable bonds is 4. The molecule has 2 rings (SSSR count). The quantitative estimate of drug-likeness (QED) is 0.854. The third kappa shape index (κ3) is 4.07. The molecule has 1 fully saturated rings. The molecule has 0 amide bonds. The maximum absolute atomic E-state index is 11.4. The summed E-state index contributed by atoms with van der Waals surface area (Å²) in [7, 11) is 1.41. The van der Waals surface area contributed by atoms with Gasteiger partial charge in [0.25, 0.3) is 0 Å². The highest BCUT2D eigenvalue weighted by atomic mass is 16.5. The van der Waals surface area contributed by atoms with Gasteiger partial charge in [0.1, 0.15) is 0 Å². The molecule has 20 heavy (non-hydrogen) atoms. The number of esters is 1. The van der Waals surface area contributed by atoms with Crippen molar-refractivity contribution in [1.82, 2.24) is 5.32 Å². The molecular formula is C17H25NO2. The summed E-state index contributed by atoms with van der Waals surface area (Å²) in [5.74, 6) is -0.279. The molecule has 0 radical (unpaired) electrons. The van der Waals surface area contributed by atoms with Gasteiger partial charge < -0.3 is 10.1 Å². The second kappa shape index (κ2) is 6.40. The highest BCUT2D eigenvalue weighted by molar-refractivity contribution is 5.89. The van der Waals surface area contributed by atoms with Crippen LogP contribution in [-0.2, 0) is 11.3 Å². The number of methoxy groups -OCH3 is 1. The van der Waals surface area contributed by atoms with Gasteiger partial charge in [0.05, 0.1) is 12.7 Å². The van der Waals surface area contributed by atoms with Crippen LogP contribution >= 0.6 is 0 Å². The lowest BCUT2D eigenvalue weighted by atomic mass is 9.75. The van der Waals surface area contributed by atoms with E-state index in [9.17, 15) is 4.79 Å². The Morgan fingerprint density at radius 1 is 1.35 bits per heavy atom. The Hall–Kier alpha value is -1.35. The van der Waals surface area contributed by atoms with E-state index in [4.69, 9.17) is 4.74 Å². The SMILES string of the molecule is COC(=O)c1ccc(CNC2CCCC(C)(C)C2)cc1. The first kappa shape index (κ1) is 15.0. The van der Waals surface area contributed by atoms with Crippen molar-refractivity contribution in [2.45, 2.75) is 52.1 Å². The summed E-state index contributed by atoms with van der Waals surface area (Å²) in [5, 5.41) is 3.64. The van der Waals surface area contributed by atoms with Crippen LogP contribution in [0.2, 0.25) is 0 Å². The molecule has 1 unspecified atom stereocenters. The molecule has 110 valence electrons. The summed E-state index contributed by atoms with van der Waals surface area (Å²) >= 11 is 0. The van der Waals surface area contributed by atoms with Crippen molar-refractivity contribution in [1.29, 1.82) is 0 Å². The van der Waals surface area contributed by atoms with E-state index >= 15 is 0 Å². The summed E-state index contributed by atoms with van der Waals surface area (Å²) < 4.78 is 4.70. The van der Waals surface area contributed by atoms with Crippen LogP contribution in [0.1, 0.15) is 55.5 Å². The average Bonchev–Trinajstić information content (AvgIpc) is 2.44. The van der Waals surface area contributed by atoms with Gasteiger partial charge in [-0.25, -0.2) is 4.79 Å². The number of carbonyl (C=O) groups is 1. The lowest BCUT2D eigenvalue weighted by Gasteiger charge is -2.35. The predicted octanol–water partition coefficient (Wildman–Crippen LogP) is 3.53. The van der Waals surface area contributed by atoms with Crippen LogP contribution < -0.4 is 5.32 Å². The van der Waals surface area contributed by atoms with Gasteiger partial charge >= 0.3 is 5.97 Å². The Morgan fingerprint density at radius 2 is 2.05 bits per heavy atom. The third-order valence-corrected chi connectivity index (χ3v) is 4.18. The molecule has 1 saturated carbocycles. The van der Waals surface area contributed by atoms with Gasteiger partial charge in [-0.2, -0.15) is 0 Å². The van der Waals surface area contributed by atoms with Gasteiger partial charge in [-0.1, -0.05) is 32.4 Å². The first-order valence-electron chi connectivity index (χ1n) is 7.41. The lowest BCUT2D eigenvalue weighted by molar-refractivity contribution is 0.0600. The largest absolute Gasteiger partial charge is 0.465 e. The second-order valence-electron chi connectivity index (χ2n) is 6.53. The van der Waals surface area contributed by atoms with Gasteiger partial charge in [0.15, 0.2) is 0 Å². The average molecular weight is 275 g/mol. The van der Waals surface area contributed by atoms with E-state index in [2.05, 4.69) is 19.2 Å². The van der Waals surface area contributed by atoms with E-state index < -0.39 is 0 Å². The fourth-order valence-corrected chi connectivity index (χ4v) is 3.01. The van der Waals surface area contributed by atoms with Crippen molar-refractivity contribution in [2.24, 2.45) is 5.41 Å². The van der Waals surface area contributed by atoms with Crippen molar-refractivity contribution in [2.75, 3.05) is 7.11 Å². The first-order chi connectivity index (χ1) is 9.50. The van der Waals surface area contributed by atoms with Gasteiger partial charge in [0, 0.05) is 12.6 Å². The molecule has 0 saturated heterocycles. The Kier molecular flexibility index (Phi) is 4.81. The van der Waals surface area contributed by atoms with Gasteiger partial charge in [-0.15, -0.1) is 0 Å². The van der Waals surface area contributed by atoms with Gasteiger partial charge in [-0.05, 0) is 42.4 Å². The molecule has 0 aromatic heterocycles. The van der Waals surface area contributed by atoms with Crippen LogP contribution in [-0.4, -0.2) is 19.1 Å².